The maximum Gasteiger partial charge on any atom is 0.237 e. The number of rotatable bonds is 5. The van der Waals surface area contributed by atoms with Gasteiger partial charge in [-0.2, -0.15) is 4.68 Å². The maximum atomic E-state index is 12.5. The number of nitrogens with zero attached hydrogens (tertiary/aromatic N) is 5. The lowest BCUT2D eigenvalue weighted by Gasteiger charge is -2.37. The molecule has 1 saturated heterocycles. The molecule has 0 aromatic carbocycles. The maximum absolute atomic E-state index is 12.5. The summed E-state index contributed by atoms with van der Waals surface area (Å²) < 4.78 is 1.81. The number of amides is 1. The van der Waals surface area contributed by atoms with E-state index in [9.17, 15) is 4.79 Å². The number of carbonyl (C=O) groups is 1. The third kappa shape index (κ3) is 3.28. The molecule has 1 saturated carbocycles. The van der Waals surface area contributed by atoms with Gasteiger partial charge in [0.05, 0.1) is 6.04 Å². The van der Waals surface area contributed by atoms with Crippen LogP contribution in [0.2, 0.25) is 0 Å². The van der Waals surface area contributed by atoms with Crippen molar-refractivity contribution in [2.24, 2.45) is 0 Å². The van der Waals surface area contributed by atoms with E-state index in [-0.39, 0.29) is 11.9 Å². The molecule has 132 valence electrons. The van der Waals surface area contributed by atoms with E-state index in [4.69, 9.17) is 10.1 Å². The number of nitrogens with one attached hydrogen (secondary N) is 1. The Labute approximate surface area is 147 Å². The van der Waals surface area contributed by atoms with Crippen LogP contribution in [0.3, 0.4) is 0 Å². The molecule has 7 heteroatoms. The highest BCUT2D eigenvalue weighted by molar-refractivity contribution is 5.82. The molecule has 1 aliphatic carbocycles. The van der Waals surface area contributed by atoms with Crippen LogP contribution >= 0.6 is 0 Å². The van der Waals surface area contributed by atoms with Gasteiger partial charge in [0.15, 0.2) is 11.6 Å². The lowest BCUT2D eigenvalue weighted by molar-refractivity contribution is -0.130. The Morgan fingerprint density at radius 2 is 2.16 bits per heavy atom. The van der Waals surface area contributed by atoms with Crippen LogP contribution in [0, 0.1) is 0 Å². The van der Waals surface area contributed by atoms with Crippen molar-refractivity contribution >= 4 is 5.91 Å². The molecule has 2 aliphatic rings. The van der Waals surface area contributed by atoms with Gasteiger partial charge in [0.1, 0.15) is 5.82 Å². The zero-order chi connectivity index (χ0) is 17.4. The van der Waals surface area contributed by atoms with Gasteiger partial charge in [0.2, 0.25) is 5.91 Å². The third-order valence-electron chi connectivity index (χ3n) is 4.91. The first-order valence-corrected chi connectivity index (χ1v) is 9.04. The molecular formula is C18H24N6O. The number of pyridine rings is 1. The summed E-state index contributed by atoms with van der Waals surface area (Å²) in [5.74, 6) is 2.99. The lowest BCUT2D eigenvalue weighted by atomic mass is 10.1. The summed E-state index contributed by atoms with van der Waals surface area (Å²) in [7, 11) is 0. The van der Waals surface area contributed by atoms with E-state index in [1.807, 2.05) is 22.9 Å². The molecule has 1 atom stereocenters. The molecule has 4 rings (SSSR count). The smallest absolute Gasteiger partial charge is 0.237 e. The van der Waals surface area contributed by atoms with E-state index < -0.39 is 0 Å². The van der Waals surface area contributed by atoms with Crippen molar-refractivity contribution in [1.82, 2.24) is 30.0 Å². The molecule has 2 aromatic rings. The highest BCUT2D eigenvalue weighted by Crippen LogP contribution is 2.38. The highest BCUT2D eigenvalue weighted by atomic mass is 16.2. The minimum atomic E-state index is -0.215. The summed E-state index contributed by atoms with van der Waals surface area (Å²) in [6, 6.07) is 5.85. The quantitative estimate of drug-likeness (QED) is 0.888. The molecule has 25 heavy (non-hydrogen) atoms. The van der Waals surface area contributed by atoms with Crippen LogP contribution in [0.15, 0.2) is 24.4 Å². The summed E-state index contributed by atoms with van der Waals surface area (Å²) >= 11 is 0. The fraction of sp³-hybridized carbons (Fsp3) is 0.556. The topological polar surface area (TPSA) is 75.9 Å². The van der Waals surface area contributed by atoms with Gasteiger partial charge in [-0.1, -0.05) is 6.07 Å². The largest absolute Gasteiger partial charge is 0.353 e. The Morgan fingerprint density at radius 3 is 2.84 bits per heavy atom. The van der Waals surface area contributed by atoms with Crippen molar-refractivity contribution < 1.29 is 4.79 Å². The zero-order valence-corrected chi connectivity index (χ0v) is 14.7. The molecule has 0 bridgehead atoms. The molecule has 0 spiro atoms. The van der Waals surface area contributed by atoms with Crippen molar-refractivity contribution in [3.8, 4) is 5.82 Å². The Bertz CT molecular complexity index is 752. The van der Waals surface area contributed by atoms with Gasteiger partial charge < -0.3 is 5.32 Å². The lowest BCUT2D eigenvalue weighted by Crippen LogP contribution is -2.58. The van der Waals surface area contributed by atoms with Gasteiger partial charge in [-0.05, 0) is 38.8 Å². The fourth-order valence-corrected chi connectivity index (χ4v) is 3.40. The predicted octanol–water partition coefficient (Wildman–Crippen LogP) is 1.29. The van der Waals surface area contributed by atoms with Crippen LogP contribution < -0.4 is 5.32 Å². The first-order chi connectivity index (χ1) is 12.1. The van der Waals surface area contributed by atoms with Crippen molar-refractivity contribution in [3.05, 3.63) is 36.0 Å². The van der Waals surface area contributed by atoms with Crippen molar-refractivity contribution in [2.45, 2.75) is 51.1 Å². The van der Waals surface area contributed by atoms with Crippen LogP contribution in [0.5, 0.6) is 0 Å². The van der Waals surface area contributed by atoms with Gasteiger partial charge in [-0.15, -0.1) is 5.10 Å². The fourth-order valence-electron chi connectivity index (χ4n) is 3.40. The van der Waals surface area contributed by atoms with Crippen LogP contribution in [0.1, 0.15) is 44.3 Å². The second-order valence-corrected chi connectivity index (χ2v) is 7.10. The van der Waals surface area contributed by atoms with Crippen LogP contribution in [0.4, 0.5) is 0 Å². The van der Waals surface area contributed by atoms with E-state index in [1.54, 1.807) is 6.20 Å². The number of piperazine rings is 1. The van der Waals surface area contributed by atoms with E-state index in [0.717, 1.165) is 36.9 Å². The van der Waals surface area contributed by atoms with Crippen LogP contribution in [0.25, 0.3) is 5.82 Å². The second-order valence-electron chi connectivity index (χ2n) is 7.10. The minimum Gasteiger partial charge on any atom is -0.353 e. The molecule has 1 amide bonds. The number of hydrogen-bond donors (Lipinski definition) is 1. The summed E-state index contributed by atoms with van der Waals surface area (Å²) in [5, 5.41) is 7.68. The first kappa shape index (κ1) is 16.2. The van der Waals surface area contributed by atoms with Gasteiger partial charge >= 0.3 is 0 Å². The van der Waals surface area contributed by atoms with Gasteiger partial charge in [-0.25, -0.2) is 9.97 Å². The zero-order valence-electron chi connectivity index (χ0n) is 14.7. The summed E-state index contributed by atoms with van der Waals surface area (Å²) in [4.78, 5) is 23.9. The normalized spacial score (nSPS) is 21.6. The third-order valence-corrected chi connectivity index (χ3v) is 4.91. The Kier molecular flexibility index (Phi) is 4.25. The summed E-state index contributed by atoms with van der Waals surface area (Å²) in [6.45, 7) is 5.82. The first-order valence-electron chi connectivity index (χ1n) is 9.04. The molecular weight excluding hydrogens is 316 g/mol. The van der Waals surface area contributed by atoms with E-state index in [1.165, 1.54) is 0 Å². The minimum absolute atomic E-state index is 0.0727. The average molecular weight is 340 g/mol. The molecule has 2 fully saturated rings. The number of hydrogen-bond acceptors (Lipinski definition) is 5. The number of carbonyl (C=O) groups excluding carboxylic acids is 1. The molecule has 1 N–H and O–H groups in total. The van der Waals surface area contributed by atoms with Gasteiger partial charge in [0, 0.05) is 37.7 Å². The van der Waals surface area contributed by atoms with E-state index >= 15 is 0 Å². The number of aromatic nitrogens is 4. The van der Waals surface area contributed by atoms with Crippen molar-refractivity contribution in [1.29, 1.82) is 0 Å². The van der Waals surface area contributed by atoms with Gasteiger partial charge in [-0.3, -0.25) is 9.69 Å². The van der Waals surface area contributed by atoms with E-state index in [0.29, 0.717) is 24.9 Å². The molecule has 3 heterocycles. The predicted molar refractivity (Wildman–Crippen MR) is 93.5 cm³/mol. The molecule has 7 nitrogen and oxygen atoms in total. The average Bonchev–Trinajstić information content (AvgIpc) is 3.38. The van der Waals surface area contributed by atoms with E-state index in [2.05, 4.69) is 29.0 Å². The van der Waals surface area contributed by atoms with Gasteiger partial charge in [0.25, 0.3) is 0 Å². The Balaban J connectivity index is 1.68. The van der Waals surface area contributed by atoms with Crippen molar-refractivity contribution in [3.63, 3.8) is 0 Å². The molecule has 0 radical (unpaired) electrons. The standard InChI is InChI=1S/C18H24N6O/c1-12(2)23-10-9-20-18(25)14(23)11-16-21-17(13-6-7-13)22-24(16)15-5-3-4-8-19-15/h3-5,8,12-14H,6-7,9-11H2,1-2H3,(H,20,25)/t14-/m1/s1. The monoisotopic (exact) mass is 340 g/mol. The van der Waals surface area contributed by atoms with Crippen LogP contribution in [-0.2, 0) is 11.2 Å². The highest BCUT2D eigenvalue weighted by Gasteiger charge is 2.35. The molecule has 0 unspecified atom stereocenters. The van der Waals surface area contributed by atoms with Crippen LogP contribution in [-0.4, -0.2) is 55.7 Å². The molecule has 1 aliphatic heterocycles. The SMILES string of the molecule is CC(C)N1CCNC(=O)[C@H]1Cc1nc(C2CC2)nn1-c1ccccn1. The summed E-state index contributed by atoms with van der Waals surface area (Å²) in [6.07, 6.45) is 4.59. The Morgan fingerprint density at radius 1 is 1.32 bits per heavy atom. The van der Waals surface area contributed by atoms with Crippen molar-refractivity contribution in [2.75, 3.05) is 13.1 Å². The molecule has 2 aromatic heterocycles. The second kappa shape index (κ2) is 6.55. The summed E-state index contributed by atoms with van der Waals surface area (Å²) in [5.41, 5.74) is 0. The Hall–Kier alpha value is -2.28.